The molecule has 3 rings (SSSR count). The van der Waals surface area contributed by atoms with E-state index in [1.165, 1.54) is 0 Å². The fraction of sp³-hybridized carbons (Fsp3) is 0.500. The van der Waals surface area contributed by atoms with Crippen LogP contribution in [0.5, 0.6) is 5.75 Å². The molecular formula is C20H27N3O3. The first-order valence-corrected chi connectivity index (χ1v) is 9.23. The summed E-state index contributed by atoms with van der Waals surface area (Å²) >= 11 is 0. The Bertz CT molecular complexity index is 803. The molecule has 6 heteroatoms. The number of β-amino-alcohol motifs (C(OH)–C–C–N with tert-alkyl or cyclic N) is 1. The van der Waals surface area contributed by atoms with Gasteiger partial charge in [0.25, 0.3) is 5.56 Å². The Morgan fingerprint density at radius 1 is 1.42 bits per heavy atom. The molecule has 2 N–H and O–H groups in total. The van der Waals surface area contributed by atoms with Crippen molar-refractivity contribution in [3.63, 3.8) is 0 Å². The number of nitrogens with zero attached hydrogens (tertiary/aromatic N) is 2. The van der Waals surface area contributed by atoms with Crippen LogP contribution in [0.4, 0.5) is 0 Å². The molecule has 1 aliphatic rings. The van der Waals surface area contributed by atoms with Crippen molar-refractivity contribution in [1.29, 1.82) is 0 Å². The zero-order valence-corrected chi connectivity index (χ0v) is 15.5. The van der Waals surface area contributed by atoms with Crippen LogP contribution in [0.2, 0.25) is 0 Å². The quantitative estimate of drug-likeness (QED) is 0.791. The fourth-order valence-corrected chi connectivity index (χ4v) is 3.47. The Balaban J connectivity index is 1.73. The lowest BCUT2D eigenvalue weighted by atomic mass is 10.0. The molecule has 0 unspecified atom stereocenters. The van der Waals surface area contributed by atoms with Gasteiger partial charge < -0.3 is 14.8 Å². The van der Waals surface area contributed by atoms with Crippen LogP contribution in [-0.4, -0.2) is 46.3 Å². The number of aromatic amines is 1. The molecule has 26 heavy (non-hydrogen) atoms. The van der Waals surface area contributed by atoms with Crippen molar-refractivity contribution in [2.24, 2.45) is 0 Å². The monoisotopic (exact) mass is 357 g/mol. The van der Waals surface area contributed by atoms with Gasteiger partial charge in [-0.1, -0.05) is 25.5 Å². The molecule has 0 radical (unpaired) electrons. The lowest BCUT2D eigenvalue weighted by molar-refractivity contribution is 0.0972. The van der Waals surface area contributed by atoms with Crippen molar-refractivity contribution in [3.8, 4) is 5.75 Å². The van der Waals surface area contributed by atoms with Crippen LogP contribution < -0.4 is 10.3 Å². The standard InChI is InChI=1S/C20H27N3O3/c1-3-5-15(24)12-23-9-8-18-17(13-23)20(25)22-19(21-18)11-14-6-4-7-16(10-14)26-2/h4,6-7,10,15,24H,3,5,8-9,11-13H2,1-2H3,(H,21,22,25)/t15-/m0/s1. The third-order valence-corrected chi connectivity index (χ3v) is 4.79. The first-order chi connectivity index (χ1) is 12.6. The summed E-state index contributed by atoms with van der Waals surface area (Å²) in [4.78, 5) is 22.3. The van der Waals surface area contributed by atoms with Crippen molar-refractivity contribution in [2.75, 3.05) is 20.2 Å². The molecule has 6 nitrogen and oxygen atoms in total. The maximum atomic E-state index is 12.5. The van der Waals surface area contributed by atoms with E-state index in [1.807, 2.05) is 24.3 Å². The van der Waals surface area contributed by atoms with Crippen molar-refractivity contribution < 1.29 is 9.84 Å². The van der Waals surface area contributed by atoms with Crippen molar-refractivity contribution >= 4 is 0 Å². The van der Waals surface area contributed by atoms with Gasteiger partial charge in [0.05, 0.1) is 24.5 Å². The minimum atomic E-state index is -0.332. The number of nitrogens with one attached hydrogen (secondary N) is 1. The van der Waals surface area contributed by atoms with Gasteiger partial charge in [0, 0.05) is 32.5 Å². The zero-order valence-electron chi connectivity index (χ0n) is 15.5. The Kier molecular flexibility index (Phi) is 6.06. The minimum absolute atomic E-state index is 0.0671. The summed E-state index contributed by atoms with van der Waals surface area (Å²) in [6.45, 7) is 4.05. The van der Waals surface area contributed by atoms with Gasteiger partial charge in [-0.2, -0.15) is 0 Å². The topological polar surface area (TPSA) is 78.5 Å². The number of hydrogen-bond acceptors (Lipinski definition) is 5. The number of rotatable bonds is 7. The number of aliphatic hydroxyl groups is 1. The van der Waals surface area contributed by atoms with Crippen LogP contribution >= 0.6 is 0 Å². The van der Waals surface area contributed by atoms with E-state index in [9.17, 15) is 9.90 Å². The third kappa shape index (κ3) is 4.51. The molecule has 1 aromatic carbocycles. The molecule has 0 amide bonds. The predicted molar refractivity (Wildman–Crippen MR) is 101 cm³/mol. The minimum Gasteiger partial charge on any atom is -0.497 e. The zero-order chi connectivity index (χ0) is 18.5. The normalized spacial score (nSPS) is 15.5. The van der Waals surface area contributed by atoms with E-state index in [4.69, 9.17) is 4.74 Å². The first kappa shape index (κ1) is 18.6. The second-order valence-corrected chi connectivity index (χ2v) is 6.89. The Hall–Kier alpha value is -2.18. The van der Waals surface area contributed by atoms with Gasteiger partial charge in [-0.3, -0.25) is 9.69 Å². The molecule has 0 fully saturated rings. The van der Waals surface area contributed by atoms with Gasteiger partial charge in [-0.15, -0.1) is 0 Å². The molecule has 0 bridgehead atoms. The fourth-order valence-electron chi connectivity index (χ4n) is 3.47. The molecule has 2 aromatic rings. The molecule has 0 saturated carbocycles. The highest BCUT2D eigenvalue weighted by molar-refractivity contribution is 5.31. The van der Waals surface area contributed by atoms with Gasteiger partial charge in [0.2, 0.25) is 0 Å². The number of benzene rings is 1. The molecule has 0 saturated heterocycles. The summed E-state index contributed by atoms with van der Waals surface area (Å²) in [5.74, 6) is 1.48. The Morgan fingerprint density at radius 2 is 2.27 bits per heavy atom. The molecule has 0 aliphatic carbocycles. The van der Waals surface area contributed by atoms with Crippen molar-refractivity contribution in [3.05, 3.63) is 57.3 Å². The number of aromatic nitrogens is 2. The number of hydrogen-bond donors (Lipinski definition) is 2. The largest absolute Gasteiger partial charge is 0.497 e. The van der Waals surface area contributed by atoms with Crippen LogP contribution in [0.3, 0.4) is 0 Å². The summed E-state index contributed by atoms with van der Waals surface area (Å²) in [6, 6.07) is 7.79. The molecule has 2 heterocycles. The van der Waals surface area contributed by atoms with Crippen LogP contribution in [0.15, 0.2) is 29.1 Å². The Labute approximate surface area is 153 Å². The van der Waals surface area contributed by atoms with E-state index in [-0.39, 0.29) is 11.7 Å². The highest BCUT2D eigenvalue weighted by Gasteiger charge is 2.22. The lowest BCUT2D eigenvalue weighted by Gasteiger charge is -2.29. The summed E-state index contributed by atoms with van der Waals surface area (Å²) < 4.78 is 5.25. The number of ether oxygens (including phenoxy) is 1. The molecule has 0 spiro atoms. The van der Waals surface area contributed by atoms with Crippen LogP contribution in [0.1, 0.15) is 42.4 Å². The van der Waals surface area contributed by atoms with E-state index in [0.29, 0.717) is 25.3 Å². The smallest absolute Gasteiger partial charge is 0.255 e. The van der Waals surface area contributed by atoms with Gasteiger partial charge >= 0.3 is 0 Å². The van der Waals surface area contributed by atoms with Crippen LogP contribution in [-0.2, 0) is 19.4 Å². The third-order valence-electron chi connectivity index (χ3n) is 4.79. The van der Waals surface area contributed by atoms with Crippen molar-refractivity contribution in [1.82, 2.24) is 14.9 Å². The molecule has 1 aromatic heterocycles. The van der Waals surface area contributed by atoms with Crippen molar-refractivity contribution in [2.45, 2.75) is 45.3 Å². The maximum absolute atomic E-state index is 12.5. The predicted octanol–water partition coefficient (Wildman–Crippen LogP) is 1.89. The SMILES string of the molecule is CCC[C@H](O)CN1CCc2nc(Cc3cccc(OC)c3)[nH]c(=O)c2C1. The molecular weight excluding hydrogens is 330 g/mol. The second kappa shape index (κ2) is 8.47. The summed E-state index contributed by atoms with van der Waals surface area (Å²) in [7, 11) is 1.64. The first-order valence-electron chi connectivity index (χ1n) is 9.23. The lowest BCUT2D eigenvalue weighted by Crippen LogP contribution is -2.40. The van der Waals surface area contributed by atoms with Gasteiger partial charge in [-0.25, -0.2) is 4.98 Å². The highest BCUT2D eigenvalue weighted by atomic mass is 16.5. The highest BCUT2D eigenvalue weighted by Crippen LogP contribution is 2.17. The van der Waals surface area contributed by atoms with E-state index in [2.05, 4.69) is 21.8 Å². The number of aliphatic hydroxyl groups excluding tert-OH is 1. The average Bonchev–Trinajstić information content (AvgIpc) is 2.62. The van der Waals surface area contributed by atoms with E-state index in [0.717, 1.165) is 48.4 Å². The summed E-state index contributed by atoms with van der Waals surface area (Å²) in [5.41, 5.74) is 2.59. The second-order valence-electron chi connectivity index (χ2n) is 6.89. The van der Waals surface area contributed by atoms with Gasteiger partial charge in [0.1, 0.15) is 11.6 Å². The van der Waals surface area contributed by atoms with Gasteiger partial charge in [-0.05, 0) is 24.1 Å². The maximum Gasteiger partial charge on any atom is 0.255 e. The van der Waals surface area contributed by atoms with E-state index >= 15 is 0 Å². The van der Waals surface area contributed by atoms with E-state index in [1.54, 1.807) is 7.11 Å². The molecule has 140 valence electrons. The molecule has 1 atom stereocenters. The van der Waals surface area contributed by atoms with E-state index < -0.39 is 0 Å². The summed E-state index contributed by atoms with van der Waals surface area (Å²) in [6.07, 6.45) is 2.72. The number of fused-ring (bicyclic) bond motifs is 1. The number of methoxy groups -OCH3 is 1. The average molecular weight is 357 g/mol. The van der Waals surface area contributed by atoms with Gasteiger partial charge in [0.15, 0.2) is 0 Å². The number of H-pyrrole nitrogens is 1. The van der Waals surface area contributed by atoms with Crippen LogP contribution in [0, 0.1) is 0 Å². The molecule has 1 aliphatic heterocycles. The summed E-state index contributed by atoms with van der Waals surface area (Å²) in [5, 5.41) is 10.0. The van der Waals surface area contributed by atoms with Crippen LogP contribution in [0.25, 0.3) is 0 Å². The Morgan fingerprint density at radius 3 is 3.04 bits per heavy atom.